The molecule has 0 aliphatic carbocycles. The minimum Gasteiger partial charge on any atom is -0.306 e. The average molecular weight is 301 g/mol. The van der Waals surface area contributed by atoms with Crippen LogP contribution in [0.1, 0.15) is 23.4 Å². The molecule has 1 atom stereocenters. The largest absolute Gasteiger partial charge is 0.328 e. The molecule has 1 N–H and O–H groups in total. The van der Waals surface area contributed by atoms with Crippen LogP contribution in [0.5, 0.6) is 0 Å². The minimum atomic E-state index is 0.0123. The minimum absolute atomic E-state index is 0.0123. The van der Waals surface area contributed by atoms with Gasteiger partial charge in [0.05, 0.1) is 17.1 Å². The van der Waals surface area contributed by atoms with Gasteiger partial charge in [-0.25, -0.2) is 4.79 Å². The second kappa shape index (κ2) is 5.50. The number of aryl methyl sites for hydroxylation is 2. The maximum atomic E-state index is 12.0. The molecule has 2 heterocycles. The Morgan fingerprint density at radius 1 is 1.19 bits per heavy atom. The summed E-state index contributed by atoms with van der Waals surface area (Å²) in [5.74, 6) is 0. The fraction of sp³-hybridized carbons (Fsp3) is 0.312. The van der Waals surface area contributed by atoms with Crippen molar-refractivity contribution in [2.75, 3.05) is 6.54 Å². The Kier molecular flexibility index (Phi) is 3.69. The van der Waals surface area contributed by atoms with Crippen molar-refractivity contribution in [3.8, 4) is 0 Å². The van der Waals surface area contributed by atoms with E-state index in [-0.39, 0.29) is 11.7 Å². The molecular weight excluding hydrogens is 282 g/mol. The van der Waals surface area contributed by atoms with Gasteiger partial charge in [0.2, 0.25) is 0 Å². The summed E-state index contributed by atoms with van der Waals surface area (Å²) in [5, 5.41) is 5.62. The topological polar surface area (TPSA) is 39.0 Å². The highest BCUT2D eigenvalue weighted by molar-refractivity contribution is 7.10. The van der Waals surface area contributed by atoms with Gasteiger partial charge in [-0.15, -0.1) is 11.3 Å². The van der Waals surface area contributed by atoms with Crippen molar-refractivity contribution < 1.29 is 0 Å². The van der Waals surface area contributed by atoms with E-state index in [0.29, 0.717) is 0 Å². The number of nitrogens with one attached hydrogen (secondary N) is 1. The molecule has 3 aromatic rings. The molecule has 0 spiro atoms. The highest BCUT2D eigenvalue weighted by Gasteiger charge is 2.16. The van der Waals surface area contributed by atoms with Crippen LogP contribution in [-0.4, -0.2) is 15.7 Å². The number of aromatic nitrogens is 2. The molecule has 0 saturated heterocycles. The van der Waals surface area contributed by atoms with Crippen LogP contribution in [-0.2, 0) is 14.1 Å². The lowest BCUT2D eigenvalue weighted by Gasteiger charge is -2.17. The van der Waals surface area contributed by atoms with Gasteiger partial charge in [-0.05, 0) is 35.7 Å². The molecule has 0 aliphatic heterocycles. The molecular formula is C16H19N3OS. The number of imidazole rings is 1. The number of fused-ring (bicyclic) bond motifs is 1. The molecule has 2 aromatic heterocycles. The molecule has 3 rings (SSSR count). The molecule has 0 aliphatic rings. The summed E-state index contributed by atoms with van der Waals surface area (Å²) in [6.45, 7) is 3.01. The van der Waals surface area contributed by atoms with Crippen LogP contribution in [0.2, 0.25) is 0 Å². The number of hydrogen-bond donors (Lipinski definition) is 1. The second-order valence-corrected chi connectivity index (χ2v) is 6.13. The summed E-state index contributed by atoms with van der Waals surface area (Å²) in [6, 6.07) is 10.6. The summed E-state index contributed by atoms with van der Waals surface area (Å²) in [6.07, 6.45) is 0. The van der Waals surface area contributed by atoms with Crippen LogP contribution in [0.15, 0.2) is 40.5 Å². The van der Waals surface area contributed by atoms with Gasteiger partial charge in [0.25, 0.3) is 0 Å². The van der Waals surface area contributed by atoms with Gasteiger partial charge in [-0.3, -0.25) is 9.13 Å². The Balaban J connectivity index is 2.15. The van der Waals surface area contributed by atoms with Crippen molar-refractivity contribution in [3.05, 3.63) is 56.6 Å². The van der Waals surface area contributed by atoms with Gasteiger partial charge < -0.3 is 5.32 Å². The third-order valence-corrected chi connectivity index (χ3v) is 4.80. The van der Waals surface area contributed by atoms with Crippen LogP contribution >= 0.6 is 11.3 Å². The average Bonchev–Trinajstić information content (AvgIpc) is 3.09. The SMILES string of the molecule is CCNC(c1ccc2c(c1)n(C)c(=O)n2C)c1cccs1. The molecule has 0 saturated carbocycles. The summed E-state index contributed by atoms with van der Waals surface area (Å²) in [4.78, 5) is 13.3. The molecule has 4 nitrogen and oxygen atoms in total. The van der Waals surface area contributed by atoms with Crippen LogP contribution in [0, 0.1) is 0 Å². The highest BCUT2D eigenvalue weighted by atomic mass is 32.1. The van der Waals surface area contributed by atoms with Crippen LogP contribution in [0.25, 0.3) is 11.0 Å². The smallest absolute Gasteiger partial charge is 0.306 e. The van der Waals surface area contributed by atoms with Crippen molar-refractivity contribution in [2.24, 2.45) is 14.1 Å². The molecule has 0 bridgehead atoms. The van der Waals surface area contributed by atoms with Crippen molar-refractivity contribution >= 4 is 22.4 Å². The molecule has 1 aromatic carbocycles. The third-order valence-electron chi connectivity index (χ3n) is 3.87. The van der Waals surface area contributed by atoms with E-state index in [0.717, 1.165) is 17.6 Å². The quantitative estimate of drug-likeness (QED) is 0.804. The molecule has 0 fully saturated rings. The zero-order valence-corrected chi connectivity index (χ0v) is 13.3. The van der Waals surface area contributed by atoms with Gasteiger partial charge in [0, 0.05) is 19.0 Å². The first-order valence-electron chi connectivity index (χ1n) is 7.05. The Bertz CT molecular complexity index is 814. The third kappa shape index (κ3) is 2.32. The first-order chi connectivity index (χ1) is 10.1. The van der Waals surface area contributed by atoms with E-state index in [1.165, 1.54) is 10.4 Å². The van der Waals surface area contributed by atoms with Crippen molar-refractivity contribution in [1.29, 1.82) is 0 Å². The highest BCUT2D eigenvalue weighted by Crippen LogP contribution is 2.28. The molecule has 0 amide bonds. The van der Waals surface area contributed by atoms with Gasteiger partial charge in [-0.2, -0.15) is 0 Å². The Morgan fingerprint density at radius 2 is 1.95 bits per heavy atom. The normalized spacial score (nSPS) is 12.9. The molecule has 5 heteroatoms. The van der Waals surface area contributed by atoms with E-state index in [2.05, 4.69) is 41.9 Å². The van der Waals surface area contributed by atoms with E-state index in [1.807, 2.05) is 20.2 Å². The van der Waals surface area contributed by atoms with Gasteiger partial charge in [0.1, 0.15) is 0 Å². The number of thiophene rings is 1. The number of nitrogens with zero attached hydrogens (tertiary/aromatic N) is 2. The number of hydrogen-bond acceptors (Lipinski definition) is 3. The predicted molar refractivity (Wildman–Crippen MR) is 88.0 cm³/mol. The summed E-state index contributed by atoms with van der Waals surface area (Å²) in [7, 11) is 3.63. The standard InChI is InChI=1S/C16H19N3OS/c1-4-17-15(14-6-5-9-21-14)11-7-8-12-13(10-11)19(3)16(20)18(12)2/h5-10,15,17H,4H2,1-3H3. The zero-order chi connectivity index (χ0) is 15.0. The molecule has 1 unspecified atom stereocenters. The van der Waals surface area contributed by atoms with E-state index >= 15 is 0 Å². The van der Waals surface area contributed by atoms with E-state index in [4.69, 9.17) is 0 Å². The van der Waals surface area contributed by atoms with E-state index in [1.54, 1.807) is 20.5 Å². The summed E-state index contributed by atoms with van der Waals surface area (Å²) in [5.41, 5.74) is 3.14. The Morgan fingerprint density at radius 3 is 2.62 bits per heavy atom. The lowest BCUT2D eigenvalue weighted by molar-refractivity contribution is 0.640. The van der Waals surface area contributed by atoms with Gasteiger partial charge >= 0.3 is 5.69 Å². The maximum Gasteiger partial charge on any atom is 0.328 e. The lowest BCUT2D eigenvalue weighted by Crippen LogP contribution is -2.21. The van der Waals surface area contributed by atoms with E-state index in [9.17, 15) is 4.79 Å². The number of benzene rings is 1. The lowest BCUT2D eigenvalue weighted by atomic mass is 10.0. The van der Waals surface area contributed by atoms with Crippen LogP contribution < -0.4 is 11.0 Å². The maximum absolute atomic E-state index is 12.0. The Hall–Kier alpha value is -1.85. The van der Waals surface area contributed by atoms with Crippen LogP contribution in [0.4, 0.5) is 0 Å². The monoisotopic (exact) mass is 301 g/mol. The van der Waals surface area contributed by atoms with Crippen molar-refractivity contribution in [1.82, 2.24) is 14.5 Å². The fourth-order valence-corrected chi connectivity index (χ4v) is 3.57. The first kappa shape index (κ1) is 14.1. The summed E-state index contributed by atoms with van der Waals surface area (Å²) < 4.78 is 3.39. The Labute approximate surface area is 127 Å². The first-order valence-corrected chi connectivity index (χ1v) is 7.93. The molecule has 21 heavy (non-hydrogen) atoms. The number of rotatable bonds is 4. The van der Waals surface area contributed by atoms with Crippen molar-refractivity contribution in [3.63, 3.8) is 0 Å². The van der Waals surface area contributed by atoms with Crippen LogP contribution in [0.3, 0.4) is 0 Å². The summed E-state index contributed by atoms with van der Waals surface area (Å²) >= 11 is 1.75. The predicted octanol–water partition coefficient (Wildman–Crippen LogP) is 2.64. The van der Waals surface area contributed by atoms with Gasteiger partial charge in [-0.1, -0.05) is 19.1 Å². The van der Waals surface area contributed by atoms with E-state index < -0.39 is 0 Å². The second-order valence-electron chi connectivity index (χ2n) is 5.15. The van der Waals surface area contributed by atoms with Gasteiger partial charge in [0.15, 0.2) is 0 Å². The zero-order valence-electron chi connectivity index (χ0n) is 12.5. The fourth-order valence-electron chi connectivity index (χ4n) is 2.75. The van der Waals surface area contributed by atoms with Crippen molar-refractivity contribution in [2.45, 2.75) is 13.0 Å². The molecule has 110 valence electrons. The molecule has 0 radical (unpaired) electrons.